The Kier molecular flexibility index (Phi) is 4.43. The van der Waals surface area contributed by atoms with E-state index in [1.807, 2.05) is 6.20 Å². The molecule has 1 atom stereocenters. The van der Waals surface area contributed by atoms with Gasteiger partial charge < -0.3 is 15.0 Å². The standard InChI is InChI=1S/C16H25N3OS/c1-16(2,18-12-4-5-12)14-11-19(8-9-20-14)13-6-7-15(21-3)17-10-13/h6-7,10,12,14,18H,4-5,8-9,11H2,1-3H3/t14-/m1/s1. The van der Waals surface area contributed by atoms with E-state index >= 15 is 0 Å². The number of hydrogen-bond acceptors (Lipinski definition) is 5. The Balaban J connectivity index is 1.66. The van der Waals surface area contributed by atoms with Crippen molar-refractivity contribution in [1.82, 2.24) is 10.3 Å². The van der Waals surface area contributed by atoms with Gasteiger partial charge in [-0.25, -0.2) is 4.98 Å². The highest BCUT2D eigenvalue weighted by atomic mass is 32.2. The largest absolute Gasteiger partial charge is 0.373 e. The summed E-state index contributed by atoms with van der Waals surface area (Å²) in [7, 11) is 0. The molecule has 1 saturated heterocycles. The van der Waals surface area contributed by atoms with Gasteiger partial charge in [-0.1, -0.05) is 0 Å². The third-order valence-electron chi connectivity index (χ3n) is 4.32. The van der Waals surface area contributed by atoms with Crippen molar-refractivity contribution >= 4 is 17.4 Å². The minimum atomic E-state index is 0.0203. The fourth-order valence-electron chi connectivity index (χ4n) is 2.85. The summed E-state index contributed by atoms with van der Waals surface area (Å²) in [6.45, 7) is 7.16. The van der Waals surface area contributed by atoms with Gasteiger partial charge in [0.15, 0.2) is 0 Å². The number of thioether (sulfide) groups is 1. The van der Waals surface area contributed by atoms with Crippen LogP contribution in [0.1, 0.15) is 26.7 Å². The molecule has 1 saturated carbocycles. The summed E-state index contributed by atoms with van der Waals surface area (Å²) in [5.41, 5.74) is 1.22. The number of hydrogen-bond donors (Lipinski definition) is 1. The number of pyridine rings is 1. The first-order valence-corrected chi connectivity index (χ1v) is 8.95. The van der Waals surface area contributed by atoms with E-state index in [9.17, 15) is 0 Å². The van der Waals surface area contributed by atoms with Crippen LogP contribution in [0, 0.1) is 0 Å². The van der Waals surface area contributed by atoms with Gasteiger partial charge in [0.05, 0.1) is 29.6 Å². The van der Waals surface area contributed by atoms with Gasteiger partial charge in [0.1, 0.15) is 0 Å². The van der Waals surface area contributed by atoms with Gasteiger partial charge in [-0.05, 0) is 45.1 Å². The molecule has 1 aromatic rings. The highest BCUT2D eigenvalue weighted by molar-refractivity contribution is 7.98. The second kappa shape index (κ2) is 6.15. The van der Waals surface area contributed by atoms with Crippen molar-refractivity contribution in [3.63, 3.8) is 0 Å². The maximum Gasteiger partial charge on any atom is 0.0958 e. The molecular formula is C16H25N3OS. The molecule has 0 radical (unpaired) electrons. The predicted octanol–water partition coefficient (Wildman–Crippen LogP) is 2.54. The van der Waals surface area contributed by atoms with E-state index in [-0.39, 0.29) is 11.6 Å². The van der Waals surface area contributed by atoms with Crippen LogP contribution >= 0.6 is 11.8 Å². The second-order valence-electron chi connectivity index (χ2n) is 6.50. The minimum Gasteiger partial charge on any atom is -0.373 e. The number of rotatable bonds is 5. The molecule has 0 unspecified atom stereocenters. The highest BCUT2D eigenvalue weighted by Crippen LogP contribution is 2.28. The Labute approximate surface area is 131 Å². The second-order valence-corrected chi connectivity index (χ2v) is 7.33. The number of aromatic nitrogens is 1. The zero-order valence-electron chi connectivity index (χ0n) is 13.1. The molecule has 1 aliphatic carbocycles. The molecule has 2 fully saturated rings. The summed E-state index contributed by atoms with van der Waals surface area (Å²) >= 11 is 1.68. The van der Waals surface area contributed by atoms with E-state index in [4.69, 9.17) is 4.74 Å². The van der Waals surface area contributed by atoms with Crippen LogP contribution in [-0.4, -0.2) is 48.6 Å². The number of ether oxygens (including phenoxy) is 1. The Hall–Kier alpha value is -0.780. The Morgan fingerprint density at radius 1 is 1.38 bits per heavy atom. The molecule has 1 aromatic heterocycles. The molecule has 1 aliphatic heterocycles. The fraction of sp³-hybridized carbons (Fsp3) is 0.688. The molecule has 4 nitrogen and oxygen atoms in total. The molecule has 0 bridgehead atoms. The third kappa shape index (κ3) is 3.71. The highest BCUT2D eigenvalue weighted by Gasteiger charge is 2.38. The first-order valence-electron chi connectivity index (χ1n) is 7.73. The smallest absolute Gasteiger partial charge is 0.0958 e. The lowest BCUT2D eigenvalue weighted by atomic mass is 9.95. The van der Waals surface area contributed by atoms with Crippen molar-refractivity contribution in [2.45, 2.75) is 49.4 Å². The average molecular weight is 307 g/mol. The van der Waals surface area contributed by atoms with Gasteiger partial charge in [-0.3, -0.25) is 0 Å². The van der Waals surface area contributed by atoms with Gasteiger partial charge in [0.2, 0.25) is 0 Å². The summed E-state index contributed by atoms with van der Waals surface area (Å²) < 4.78 is 6.04. The van der Waals surface area contributed by atoms with Crippen LogP contribution in [0.3, 0.4) is 0 Å². The van der Waals surface area contributed by atoms with E-state index in [2.05, 4.69) is 47.4 Å². The molecule has 21 heavy (non-hydrogen) atoms. The molecule has 2 heterocycles. The quantitative estimate of drug-likeness (QED) is 0.846. The van der Waals surface area contributed by atoms with Crippen LogP contribution in [0.5, 0.6) is 0 Å². The molecule has 2 aliphatic rings. The SMILES string of the molecule is CSc1ccc(N2CCO[C@@H](C(C)(C)NC3CC3)C2)cn1. The monoisotopic (exact) mass is 307 g/mol. The average Bonchev–Trinajstić information content (AvgIpc) is 3.31. The van der Waals surface area contributed by atoms with Crippen molar-refractivity contribution in [3.05, 3.63) is 18.3 Å². The van der Waals surface area contributed by atoms with Gasteiger partial charge in [0, 0.05) is 24.7 Å². The van der Waals surface area contributed by atoms with Gasteiger partial charge >= 0.3 is 0 Å². The van der Waals surface area contributed by atoms with Crippen LogP contribution in [0.2, 0.25) is 0 Å². The van der Waals surface area contributed by atoms with E-state index < -0.39 is 0 Å². The molecule has 0 spiro atoms. The van der Waals surface area contributed by atoms with Crippen LogP contribution in [-0.2, 0) is 4.74 Å². The zero-order chi connectivity index (χ0) is 14.9. The summed E-state index contributed by atoms with van der Waals surface area (Å²) in [5, 5.41) is 4.79. The summed E-state index contributed by atoms with van der Waals surface area (Å²) in [4.78, 5) is 6.87. The van der Waals surface area contributed by atoms with Crippen LogP contribution in [0.15, 0.2) is 23.4 Å². The molecular weight excluding hydrogens is 282 g/mol. The lowest BCUT2D eigenvalue weighted by Gasteiger charge is -2.42. The molecule has 116 valence electrons. The van der Waals surface area contributed by atoms with Crippen LogP contribution in [0.4, 0.5) is 5.69 Å². The van der Waals surface area contributed by atoms with Crippen molar-refractivity contribution in [2.75, 3.05) is 30.9 Å². The number of morpholine rings is 1. The topological polar surface area (TPSA) is 37.4 Å². The van der Waals surface area contributed by atoms with E-state index in [0.717, 1.165) is 24.7 Å². The lowest BCUT2D eigenvalue weighted by Crippen LogP contribution is -2.58. The van der Waals surface area contributed by atoms with Gasteiger partial charge in [-0.15, -0.1) is 11.8 Å². The molecule has 0 aromatic carbocycles. The normalized spacial score (nSPS) is 23.4. The Bertz CT molecular complexity index is 473. The summed E-state index contributed by atoms with van der Waals surface area (Å²) in [5.74, 6) is 0. The van der Waals surface area contributed by atoms with Crippen molar-refractivity contribution in [2.24, 2.45) is 0 Å². The Morgan fingerprint density at radius 2 is 2.19 bits per heavy atom. The zero-order valence-corrected chi connectivity index (χ0v) is 13.9. The first-order chi connectivity index (χ1) is 10.1. The van der Waals surface area contributed by atoms with Crippen molar-refractivity contribution in [1.29, 1.82) is 0 Å². The van der Waals surface area contributed by atoms with Gasteiger partial charge in [0.25, 0.3) is 0 Å². The number of nitrogens with one attached hydrogen (secondary N) is 1. The van der Waals surface area contributed by atoms with E-state index in [0.29, 0.717) is 6.04 Å². The van der Waals surface area contributed by atoms with Crippen LogP contribution < -0.4 is 10.2 Å². The lowest BCUT2D eigenvalue weighted by molar-refractivity contribution is -0.0134. The maximum atomic E-state index is 6.04. The summed E-state index contributed by atoms with van der Waals surface area (Å²) in [6.07, 6.45) is 6.86. The van der Waals surface area contributed by atoms with E-state index in [1.165, 1.54) is 18.5 Å². The third-order valence-corrected chi connectivity index (χ3v) is 4.98. The van der Waals surface area contributed by atoms with Crippen LogP contribution in [0.25, 0.3) is 0 Å². The number of nitrogens with zero attached hydrogens (tertiary/aromatic N) is 2. The molecule has 0 amide bonds. The van der Waals surface area contributed by atoms with Crippen molar-refractivity contribution < 1.29 is 4.74 Å². The molecule has 3 rings (SSSR count). The maximum absolute atomic E-state index is 6.04. The van der Waals surface area contributed by atoms with Crippen molar-refractivity contribution in [3.8, 4) is 0 Å². The van der Waals surface area contributed by atoms with E-state index in [1.54, 1.807) is 11.8 Å². The minimum absolute atomic E-state index is 0.0203. The van der Waals surface area contributed by atoms with Gasteiger partial charge in [-0.2, -0.15) is 0 Å². The fourth-order valence-corrected chi connectivity index (χ4v) is 3.21. The first kappa shape index (κ1) is 15.1. The molecule has 1 N–H and O–H groups in total. The predicted molar refractivity (Wildman–Crippen MR) is 88.2 cm³/mol. The molecule has 5 heteroatoms. The summed E-state index contributed by atoms with van der Waals surface area (Å²) in [6, 6.07) is 4.96. The number of anilines is 1. The Morgan fingerprint density at radius 3 is 2.81 bits per heavy atom.